The van der Waals surface area contributed by atoms with Crippen molar-refractivity contribution >= 4 is 23.7 Å². The minimum Gasteiger partial charge on any atom is -0.480 e. The number of rotatable bonds is 14. The molecule has 3 amide bonds. The highest BCUT2D eigenvalue weighted by Gasteiger charge is 2.28. The Morgan fingerprint density at radius 2 is 1.79 bits per heavy atom. The van der Waals surface area contributed by atoms with Crippen LogP contribution in [0.3, 0.4) is 0 Å². The van der Waals surface area contributed by atoms with Gasteiger partial charge in [-0.2, -0.15) is 0 Å². The minimum atomic E-state index is -1.20. The number of primary amides is 1. The van der Waals surface area contributed by atoms with Gasteiger partial charge in [-0.05, 0) is 32.2 Å². The van der Waals surface area contributed by atoms with Gasteiger partial charge in [0.15, 0.2) is 0 Å². The SMILES string of the molecule is NCCCC[C@H](NC(=O)[C@H](CCC(N)=O)NC(=O)[C@@H](N)Cc1cnc[nH]1)C(=O)O. The number of nitrogens with two attached hydrogens (primary N) is 3. The predicted molar refractivity (Wildman–Crippen MR) is 103 cm³/mol. The Balaban J connectivity index is 2.75. The summed E-state index contributed by atoms with van der Waals surface area (Å²) in [7, 11) is 0. The minimum absolute atomic E-state index is 0.0845. The zero-order chi connectivity index (χ0) is 21.8. The smallest absolute Gasteiger partial charge is 0.326 e. The lowest BCUT2D eigenvalue weighted by Gasteiger charge is -2.22. The van der Waals surface area contributed by atoms with Crippen LogP contribution in [0.15, 0.2) is 12.5 Å². The first-order valence-corrected chi connectivity index (χ1v) is 9.29. The molecule has 10 N–H and O–H groups in total. The molecule has 29 heavy (non-hydrogen) atoms. The normalized spacial score (nSPS) is 13.9. The lowest BCUT2D eigenvalue weighted by Crippen LogP contribution is -2.55. The second-order valence-electron chi connectivity index (χ2n) is 6.64. The number of unbranched alkanes of at least 4 members (excludes halogenated alkanes) is 1. The molecule has 0 unspecified atom stereocenters. The molecular weight excluding hydrogens is 382 g/mol. The number of nitrogens with zero attached hydrogens (tertiary/aromatic N) is 1. The van der Waals surface area contributed by atoms with Gasteiger partial charge in [-0.1, -0.05) is 0 Å². The van der Waals surface area contributed by atoms with E-state index in [2.05, 4.69) is 20.6 Å². The molecule has 0 aliphatic rings. The van der Waals surface area contributed by atoms with Gasteiger partial charge in [-0.3, -0.25) is 14.4 Å². The van der Waals surface area contributed by atoms with Crippen molar-refractivity contribution in [3.8, 4) is 0 Å². The number of carboxylic acid groups (broad SMARTS) is 1. The molecule has 12 nitrogen and oxygen atoms in total. The van der Waals surface area contributed by atoms with Crippen LogP contribution in [0.25, 0.3) is 0 Å². The van der Waals surface area contributed by atoms with Crippen LogP contribution in [0.2, 0.25) is 0 Å². The molecule has 0 aliphatic carbocycles. The Kier molecular flexibility index (Phi) is 10.3. The predicted octanol–water partition coefficient (Wildman–Crippen LogP) is -2.27. The van der Waals surface area contributed by atoms with Crippen LogP contribution in [0, 0.1) is 0 Å². The number of aromatic amines is 1. The maximum Gasteiger partial charge on any atom is 0.326 e. The first-order valence-electron chi connectivity index (χ1n) is 9.29. The van der Waals surface area contributed by atoms with E-state index in [1.165, 1.54) is 12.5 Å². The van der Waals surface area contributed by atoms with E-state index < -0.39 is 41.8 Å². The molecule has 0 fully saturated rings. The Morgan fingerprint density at radius 3 is 2.34 bits per heavy atom. The van der Waals surface area contributed by atoms with Crippen LogP contribution in [0.4, 0.5) is 0 Å². The zero-order valence-corrected chi connectivity index (χ0v) is 16.1. The van der Waals surface area contributed by atoms with Crippen LogP contribution >= 0.6 is 0 Å². The van der Waals surface area contributed by atoms with E-state index in [0.717, 1.165) is 0 Å². The standard InChI is InChI=1S/C17H29N7O5/c18-6-2-1-3-13(17(28)29)24-16(27)12(4-5-14(20)25)23-15(26)11(19)7-10-8-21-9-22-10/h8-9,11-13H,1-7,18-19H2,(H2,20,25)(H,21,22)(H,23,26)(H,24,27)(H,28,29)/t11-,12-,13-/m0/s1. The molecule has 0 saturated heterocycles. The summed E-state index contributed by atoms with van der Waals surface area (Å²) in [6, 6.07) is -3.26. The van der Waals surface area contributed by atoms with E-state index in [4.69, 9.17) is 17.2 Å². The summed E-state index contributed by atoms with van der Waals surface area (Å²) in [6.45, 7) is 0.409. The van der Waals surface area contributed by atoms with Gasteiger partial charge in [0.1, 0.15) is 12.1 Å². The molecular formula is C17H29N7O5. The molecule has 3 atom stereocenters. The van der Waals surface area contributed by atoms with Crippen molar-refractivity contribution in [3.63, 3.8) is 0 Å². The molecule has 1 rings (SSSR count). The second-order valence-corrected chi connectivity index (χ2v) is 6.64. The summed E-state index contributed by atoms with van der Waals surface area (Å²) in [6.07, 6.45) is 4.19. The maximum atomic E-state index is 12.6. The van der Waals surface area contributed by atoms with Crippen LogP contribution in [0.5, 0.6) is 0 Å². The Labute approximate surface area is 168 Å². The molecule has 1 aromatic heterocycles. The average Bonchev–Trinajstić information content (AvgIpc) is 3.16. The highest BCUT2D eigenvalue weighted by Crippen LogP contribution is 2.05. The van der Waals surface area contributed by atoms with Crippen LogP contribution in [-0.2, 0) is 25.6 Å². The molecule has 0 saturated carbocycles. The van der Waals surface area contributed by atoms with Crippen molar-refractivity contribution in [2.24, 2.45) is 17.2 Å². The van der Waals surface area contributed by atoms with Crippen molar-refractivity contribution in [2.75, 3.05) is 6.54 Å². The second kappa shape index (κ2) is 12.5. The largest absolute Gasteiger partial charge is 0.480 e. The van der Waals surface area contributed by atoms with Gasteiger partial charge in [0.2, 0.25) is 17.7 Å². The molecule has 12 heteroatoms. The lowest BCUT2D eigenvalue weighted by molar-refractivity contribution is -0.142. The number of carboxylic acids is 1. The van der Waals surface area contributed by atoms with Gasteiger partial charge in [-0.15, -0.1) is 0 Å². The first-order chi connectivity index (χ1) is 13.7. The Hall–Kier alpha value is -2.99. The maximum absolute atomic E-state index is 12.6. The monoisotopic (exact) mass is 411 g/mol. The van der Waals surface area contributed by atoms with E-state index in [1.807, 2.05) is 0 Å². The number of carbonyl (C=O) groups excluding carboxylic acids is 3. The van der Waals surface area contributed by atoms with Crippen molar-refractivity contribution in [1.29, 1.82) is 0 Å². The number of hydrogen-bond donors (Lipinski definition) is 7. The molecule has 0 radical (unpaired) electrons. The van der Waals surface area contributed by atoms with E-state index in [-0.39, 0.29) is 25.7 Å². The van der Waals surface area contributed by atoms with Crippen molar-refractivity contribution < 1.29 is 24.3 Å². The number of carbonyl (C=O) groups is 4. The summed E-state index contributed by atoms with van der Waals surface area (Å²) < 4.78 is 0. The number of hydrogen-bond acceptors (Lipinski definition) is 7. The van der Waals surface area contributed by atoms with Crippen LogP contribution in [-0.4, -0.2) is 63.4 Å². The van der Waals surface area contributed by atoms with E-state index in [0.29, 0.717) is 25.1 Å². The van der Waals surface area contributed by atoms with Gasteiger partial charge >= 0.3 is 5.97 Å². The summed E-state index contributed by atoms with van der Waals surface area (Å²) in [5.74, 6) is -3.21. The number of aromatic nitrogens is 2. The third kappa shape index (κ3) is 9.17. The van der Waals surface area contributed by atoms with Gasteiger partial charge in [-0.25, -0.2) is 9.78 Å². The Bertz CT molecular complexity index is 680. The first kappa shape index (κ1) is 24.0. The fourth-order valence-electron chi connectivity index (χ4n) is 2.58. The van der Waals surface area contributed by atoms with Gasteiger partial charge in [0.05, 0.1) is 12.4 Å². The van der Waals surface area contributed by atoms with Crippen molar-refractivity contribution in [3.05, 3.63) is 18.2 Å². The summed E-state index contributed by atoms with van der Waals surface area (Å²) >= 11 is 0. The number of imidazole rings is 1. The van der Waals surface area contributed by atoms with Crippen molar-refractivity contribution in [1.82, 2.24) is 20.6 Å². The third-order valence-corrected chi connectivity index (χ3v) is 4.21. The van der Waals surface area contributed by atoms with E-state index >= 15 is 0 Å². The van der Waals surface area contributed by atoms with Gasteiger partial charge < -0.3 is 37.9 Å². The number of H-pyrrole nitrogens is 1. The molecule has 0 spiro atoms. The van der Waals surface area contributed by atoms with Gasteiger partial charge in [0.25, 0.3) is 0 Å². The molecule has 1 heterocycles. The van der Waals surface area contributed by atoms with E-state index in [1.54, 1.807) is 0 Å². The molecule has 0 aromatic carbocycles. The quantitative estimate of drug-likeness (QED) is 0.165. The average molecular weight is 411 g/mol. The molecule has 0 bridgehead atoms. The highest BCUT2D eigenvalue weighted by atomic mass is 16.4. The molecule has 1 aromatic rings. The van der Waals surface area contributed by atoms with E-state index in [9.17, 15) is 24.3 Å². The zero-order valence-electron chi connectivity index (χ0n) is 16.1. The summed E-state index contributed by atoms with van der Waals surface area (Å²) in [5, 5.41) is 14.1. The fraction of sp³-hybridized carbons (Fsp3) is 0.588. The molecule has 0 aliphatic heterocycles. The number of amides is 3. The Morgan fingerprint density at radius 1 is 1.10 bits per heavy atom. The third-order valence-electron chi connectivity index (χ3n) is 4.21. The van der Waals surface area contributed by atoms with Crippen LogP contribution < -0.4 is 27.8 Å². The van der Waals surface area contributed by atoms with Gasteiger partial charge in [0, 0.05) is 24.7 Å². The number of nitrogens with one attached hydrogen (secondary N) is 3. The van der Waals surface area contributed by atoms with Crippen molar-refractivity contribution in [2.45, 2.75) is 56.7 Å². The lowest BCUT2D eigenvalue weighted by atomic mass is 10.1. The molecule has 162 valence electrons. The summed E-state index contributed by atoms with van der Waals surface area (Å²) in [5.41, 5.74) is 17.0. The summed E-state index contributed by atoms with van der Waals surface area (Å²) in [4.78, 5) is 54.1. The topological polar surface area (TPSA) is 219 Å². The highest BCUT2D eigenvalue weighted by molar-refractivity contribution is 5.92. The fourth-order valence-corrected chi connectivity index (χ4v) is 2.58. The van der Waals surface area contributed by atoms with Crippen LogP contribution in [0.1, 0.15) is 37.8 Å². The number of aliphatic carboxylic acids is 1.